The van der Waals surface area contributed by atoms with E-state index in [0.717, 1.165) is 29.0 Å². The Kier molecular flexibility index (Phi) is 4.10. The maximum atomic E-state index is 5.93. The Bertz CT molecular complexity index is 558. The van der Waals surface area contributed by atoms with Gasteiger partial charge in [0.25, 0.3) is 0 Å². The average molecular weight is 255 g/mol. The lowest BCUT2D eigenvalue weighted by molar-refractivity contribution is 0.302. The second kappa shape index (κ2) is 5.79. The largest absolute Gasteiger partial charge is 0.488 e. The lowest BCUT2D eigenvalue weighted by Gasteiger charge is -2.14. The van der Waals surface area contributed by atoms with Gasteiger partial charge in [-0.2, -0.15) is 0 Å². The van der Waals surface area contributed by atoms with Crippen molar-refractivity contribution in [2.45, 2.75) is 33.8 Å². The predicted octanol–water partition coefficient (Wildman–Crippen LogP) is 4.03. The van der Waals surface area contributed by atoms with E-state index in [1.165, 1.54) is 11.1 Å². The lowest BCUT2D eigenvalue weighted by atomic mass is 10.1. The fourth-order valence-corrected chi connectivity index (χ4v) is 2.09. The summed E-state index contributed by atoms with van der Waals surface area (Å²) >= 11 is 0. The quantitative estimate of drug-likeness (QED) is 0.837. The molecule has 2 heteroatoms. The number of nitrogens with two attached hydrogens (primary N) is 1. The number of anilines is 1. The normalized spacial score (nSPS) is 10.5. The van der Waals surface area contributed by atoms with Gasteiger partial charge in [0, 0.05) is 11.3 Å². The highest BCUT2D eigenvalue weighted by Gasteiger charge is 2.07. The molecule has 0 fully saturated rings. The van der Waals surface area contributed by atoms with Gasteiger partial charge in [0.2, 0.25) is 0 Å². The third kappa shape index (κ3) is 3.08. The van der Waals surface area contributed by atoms with Crippen LogP contribution in [0.1, 0.15) is 29.2 Å². The highest BCUT2D eigenvalue weighted by molar-refractivity contribution is 5.56. The Hall–Kier alpha value is -1.96. The minimum Gasteiger partial charge on any atom is -0.488 e. The van der Waals surface area contributed by atoms with Gasteiger partial charge < -0.3 is 10.5 Å². The maximum absolute atomic E-state index is 5.93. The van der Waals surface area contributed by atoms with E-state index in [1.54, 1.807) is 0 Å². The zero-order chi connectivity index (χ0) is 13.8. The van der Waals surface area contributed by atoms with Gasteiger partial charge in [-0.15, -0.1) is 0 Å². The monoisotopic (exact) mass is 255 g/mol. The van der Waals surface area contributed by atoms with Crippen molar-refractivity contribution in [1.29, 1.82) is 0 Å². The van der Waals surface area contributed by atoms with Crippen molar-refractivity contribution in [2.24, 2.45) is 0 Å². The molecule has 0 aromatic heterocycles. The van der Waals surface area contributed by atoms with Gasteiger partial charge in [0.15, 0.2) is 0 Å². The highest BCUT2D eigenvalue weighted by atomic mass is 16.5. The zero-order valence-electron chi connectivity index (χ0n) is 11.9. The van der Waals surface area contributed by atoms with E-state index in [2.05, 4.69) is 31.2 Å². The first-order chi connectivity index (χ1) is 9.11. The fourth-order valence-electron chi connectivity index (χ4n) is 2.09. The van der Waals surface area contributed by atoms with Crippen molar-refractivity contribution in [3.63, 3.8) is 0 Å². The first kappa shape index (κ1) is 13.5. The fraction of sp³-hybridized carbons (Fsp3) is 0.294. The second-order valence-corrected chi connectivity index (χ2v) is 4.88. The SMILES string of the molecule is CCc1ccc(COc2c(C)ccc(N)c2C)cc1. The molecule has 0 aliphatic carbocycles. The van der Waals surface area contributed by atoms with Crippen molar-refractivity contribution in [3.8, 4) is 5.75 Å². The van der Waals surface area contributed by atoms with E-state index < -0.39 is 0 Å². The summed E-state index contributed by atoms with van der Waals surface area (Å²) in [4.78, 5) is 0. The summed E-state index contributed by atoms with van der Waals surface area (Å²) in [5.41, 5.74) is 11.4. The third-order valence-corrected chi connectivity index (χ3v) is 3.46. The summed E-state index contributed by atoms with van der Waals surface area (Å²) in [7, 11) is 0. The van der Waals surface area contributed by atoms with Crippen LogP contribution < -0.4 is 10.5 Å². The number of aryl methyl sites for hydroxylation is 2. The average Bonchev–Trinajstić information content (AvgIpc) is 2.44. The minimum atomic E-state index is 0.578. The first-order valence-corrected chi connectivity index (χ1v) is 6.68. The summed E-state index contributed by atoms with van der Waals surface area (Å²) in [6.45, 7) is 6.78. The van der Waals surface area contributed by atoms with Crippen LogP contribution in [-0.2, 0) is 13.0 Å². The molecule has 0 saturated heterocycles. The molecule has 19 heavy (non-hydrogen) atoms. The van der Waals surface area contributed by atoms with Crippen LogP contribution in [0.3, 0.4) is 0 Å². The molecule has 0 amide bonds. The van der Waals surface area contributed by atoms with Crippen LogP contribution in [0.15, 0.2) is 36.4 Å². The lowest BCUT2D eigenvalue weighted by Crippen LogP contribution is -2.01. The number of nitrogen functional groups attached to an aromatic ring is 1. The van der Waals surface area contributed by atoms with Crippen LogP contribution in [0.2, 0.25) is 0 Å². The van der Waals surface area contributed by atoms with E-state index in [9.17, 15) is 0 Å². The number of ether oxygens (including phenoxy) is 1. The molecule has 0 aliphatic heterocycles. The van der Waals surface area contributed by atoms with Crippen LogP contribution in [0.4, 0.5) is 5.69 Å². The van der Waals surface area contributed by atoms with Crippen LogP contribution in [0, 0.1) is 13.8 Å². The van der Waals surface area contributed by atoms with E-state index in [-0.39, 0.29) is 0 Å². The molecule has 100 valence electrons. The van der Waals surface area contributed by atoms with Crippen LogP contribution in [0.25, 0.3) is 0 Å². The molecule has 2 aromatic rings. The maximum Gasteiger partial charge on any atom is 0.127 e. The van der Waals surface area contributed by atoms with Crippen molar-refractivity contribution < 1.29 is 4.74 Å². The van der Waals surface area contributed by atoms with Gasteiger partial charge in [-0.1, -0.05) is 37.3 Å². The molecular weight excluding hydrogens is 234 g/mol. The Balaban J connectivity index is 2.12. The number of hydrogen-bond donors (Lipinski definition) is 1. The number of benzene rings is 2. The number of rotatable bonds is 4. The van der Waals surface area contributed by atoms with E-state index in [0.29, 0.717) is 6.61 Å². The Morgan fingerprint density at radius 2 is 1.58 bits per heavy atom. The third-order valence-electron chi connectivity index (χ3n) is 3.46. The molecule has 2 N–H and O–H groups in total. The van der Waals surface area contributed by atoms with Gasteiger partial charge in [-0.05, 0) is 43.0 Å². The molecule has 0 bridgehead atoms. The molecule has 0 heterocycles. The Morgan fingerprint density at radius 1 is 0.947 bits per heavy atom. The molecule has 0 aliphatic rings. The highest BCUT2D eigenvalue weighted by Crippen LogP contribution is 2.28. The molecule has 2 rings (SSSR count). The summed E-state index contributed by atoms with van der Waals surface area (Å²) < 4.78 is 5.93. The van der Waals surface area contributed by atoms with Gasteiger partial charge >= 0.3 is 0 Å². The molecular formula is C17H21NO. The number of hydrogen-bond acceptors (Lipinski definition) is 2. The predicted molar refractivity (Wildman–Crippen MR) is 80.5 cm³/mol. The minimum absolute atomic E-state index is 0.578. The molecule has 0 spiro atoms. The second-order valence-electron chi connectivity index (χ2n) is 4.88. The van der Waals surface area contributed by atoms with Gasteiger partial charge in [0.05, 0.1) is 0 Å². The van der Waals surface area contributed by atoms with E-state index in [4.69, 9.17) is 10.5 Å². The standard InChI is InChI=1S/C17H21NO/c1-4-14-6-8-15(9-7-14)11-19-17-12(2)5-10-16(18)13(17)3/h5-10H,4,11,18H2,1-3H3. The van der Waals surface area contributed by atoms with Crippen LogP contribution in [0.5, 0.6) is 5.75 Å². The van der Waals surface area contributed by atoms with Gasteiger partial charge in [-0.3, -0.25) is 0 Å². The van der Waals surface area contributed by atoms with E-state index in [1.807, 2.05) is 26.0 Å². The molecule has 0 radical (unpaired) electrons. The Morgan fingerprint density at radius 3 is 2.21 bits per heavy atom. The van der Waals surface area contributed by atoms with E-state index >= 15 is 0 Å². The van der Waals surface area contributed by atoms with Crippen molar-refractivity contribution in [1.82, 2.24) is 0 Å². The molecule has 2 nitrogen and oxygen atoms in total. The van der Waals surface area contributed by atoms with Gasteiger partial charge in [-0.25, -0.2) is 0 Å². The topological polar surface area (TPSA) is 35.2 Å². The Labute approximate surface area is 115 Å². The van der Waals surface area contributed by atoms with Crippen LogP contribution >= 0.6 is 0 Å². The van der Waals surface area contributed by atoms with Crippen molar-refractivity contribution >= 4 is 5.69 Å². The smallest absolute Gasteiger partial charge is 0.127 e. The summed E-state index contributed by atoms with van der Waals surface area (Å²) in [6.07, 6.45) is 1.06. The summed E-state index contributed by atoms with van der Waals surface area (Å²) in [5, 5.41) is 0. The summed E-state index contributed by atoms with van der Waals surface area (Å²) in [6, 6.07) is 12.5. The van der Waals surface area contributed by atoms with Crippen LogP contribution in [-0.4, -0.2) is 0 Å². The van der Waals surface area contributed by atoms with Crippen molar-refractivity contribution in [3.05, 3.63) is 58.7 Å². The summed E-state index contributed by atoms with van der Waals surface area (Å²) in [5.74, 6) is 0.902. The molecule has 0 saturated carbocycles. The van der Waals surface area contributed by atoms with Crippen molar-refractivity contribution in [2.75, 3.05) is 5.73 Å². The molecule has 0 atom stereocenters. The van der Waals surface area contributed by atoms with Gasteiger partial charge in [0.1, 0.15) is 12.4 Å². The molecule has 2 aromatic carbocycles. The first-order valence-electron chi connectivity index (χ1n) is 6.68. The molecule has 0 unspecified atom stereocenters. The zero-order valence-corrected chi connectivity index (χ0v) is 11.9.